The minimum absolute atomic E-state index is 0. The van der Waals surface area contributed by atoms with Crippen molar-refractivity contribution < 1.29 is 18.5 Å². The van der Waals surface area contributed by atoms with Crippen LogP contribution in [0.5, 0.6) is 0 Å². The largest absolute Gasteiger partial charge is 0.472 e. The van der Waals surface area contributed by atoms with Crippen molar-refractivity contribution in [3.8, 4) is 0 Å². The number of hydrogen-bond donors (Lipinski definition) is 1. The second kappa shape index (κ2) is 11.8. The van der Waals surface area contributed by atoms with Gasteiger partial charge in [0.2, 0.25) is 0 Å². The summed E-state index contributed by atoms with van der Waals surface area (Å²) in [7, 11) is -3.93. The van der Waals surface area contributed by atoms with Crippen molar-refractivity contribution in [3.05, 3.63) is 0 Å². The molecule has 2 unspecified atom stereocenters. The average Bonchev–Trinajstić information content (AvgIpc) is 2.22. The Balaban J connectivity index is 0. The molecule has 10 heteroatoms. The summed E-state index contributed by atoms with van der Waals surface area (Å²) in [5.74, 6) is 0. The molecule has 16 heavy (non-hydrogen) atoms. The van der Waals surface area contributed by atoms with Gasteiger partial charge in [0.25, 0.3) is 0 Å². The van der Waals surface area contributed by atoms with E-state index in [1.54, 1.807) is 0 Å². The van der Waals surface area contributed by atoms with E-state index >= 15 is 0 Å². The van der Waals surface area contributed by atoms with Crippen LogP contribution in [0, 0.1) is 0 Å². The molecular weight excluding hydrogens is 510 g/mol. The topological polar surface area (TPSA) is 55.8 Å². The number of hydrogen-bond acceptors (Lipinski definition) is 3. The summed E-state index contributed by atoms with van der Waals surface area (Å²) in [6.07, 6.45) is 0. The van der Waals surface area contributed by atoms with Crippen LogP contribution >= 0.6 is 71.5 Å². The van der Waals surface area contributed by atoms with E-state index in [9.17, 15) is 9.46 Å². The summed E-state index contributed by atoms with van der Waals surface area (Å²) in [6.45, 7) is 0.223. The van der Waals surface area contributed by atoms with Gasteiger partial charge in [-0.15, -0.1) is 0 Å². The van der Waals surface area contributed by atoms with E-state index in [2.05, 4.69) is 63.7 Å². The Bertz CT molecular complexity index is 205. The van der Waals surface area contributed by atoms with Crippen LogP contribution in [0.3, 0.4) is 0 Å². The van der Waals surface area contributed by atoms with Gasteiger partial charge >= 0.3 is 7.82 Å². The van der Waals surface area contributed by atoms with E-state index in [1.807, 2.05) is 0 Å². The van der Waals surface area contributed by atoms with E-state index in [-0.39, 0.29) is 52.4 Å². The van der Waals surface area contributed by atoms with Crippen LogP contribution in [0.15, 0.2) is 0 Å². The standard InChI is InChI=1S/C6H11Br4O4P.Na/c7-1-5(9)3-13-15(11,12)14-4-6(10)2-8;/h5-6H,1-4H2,(H,11,12);. The molecule has 0 aromatic heterocycles. The Morgan fingerprint density at radius 2 is 1.38 bits per heavy atom. The number of phosphoric acid groups is 1. The van der Waals surface area contributed by atoms with Gasteiger partial charge in [0, 0.05) is 49.9 Å². The van der Waals surface area contributed by atoms with E-state index in [0.717, 1.165) is 0 Å². The monoisotopic (exact) mass is 517 g/mol. The maximum absolute atomic E-state index is 11.3. The smallest absolute Gasteiger partial charge is 0.302 e. The van der Waals surface area contributed by atoms with E-state index in [0.29, 0.717) is 10.7 Å². The Kier molecular flexibility index (Phi) is 15.8. The zero-order valence-corrected chi connectivity index (χ0v) is 17.9. The van der Waals surface area contributed by atoms with Crippen LogP contribution in [0.25, 0.3) is 0 Å². The molecule has 0 bridgehead atoms. The summed E-state index contributed by atoms with van der Waals surface area (Å²) >= 11 is 12.9. The van der Waals surface area contributed by atoms with Gasteiger partial charge in [0.15, 0.2) is 0 Å². The summed E-state index contributed by atoms with van der Waals surface area (Å²) < 4.78 is 20.8. The van der Waals surface area contributed by atoms with Gasteiger partial charge in [-0.25, -0.2) is 4.57 Å². The van der Waals surface area contributed by atoms with Crippen LogP contribution in [-0.4, -0.2) is 68.0 Å². The van der Waals surface area contributed by atoms with Crippen molar-refractivity contribution >= 4 is 101 Å². The maximum Gasteiger partial charge on any atom is 0.472 e. The predicted molar refractivity (Wildman–Crippen MR) is 80.5 cm³/mol. The van der Waals surface area contributed by atoms with Gasteiger partial charge in [0.1, 0.15) is 0 Å². The first-order chi connectivity index (χ1) is 6.91. The first-order valence-electron chi connectivity index (χ1n) is 3.93. The summed E-state index contributed by atoms with van der Waals surface area (Å²) in [6, 6.07) is 0. The molecule has 0 heterocycles. The third-order valence-corrected chi connectivity index (χ3v) is 6.60. The molecule has 0 amide bonds. The fraction of sp³-hybridized carbons (Fsp3) is 1.00. The molecule has 0 aliphatic heterocycles. The predicted octanol–water partition coefficient (Wildman–Crippen LogP) is 3.06. The molecule has 0 aliphatic rings. The minimum atomic E-state index is -3.93. The Hall–Kier alpha value is 3.03. The second-order valence-electron chi connectivity index (χ2n) is 2.56. The number of alkyl halides is 4. The van der Waals surface area contributed by atoms with E-state index in [4.69, 9.17) is 9.05 Å². The van der Waals surface area contributed by atoms with Crippen molar-refractivity contribution in [1.82, 2.24) is 0 Å². The molecule has 4 nitrogen and oxygen atoms in total. The Morgan fingerprint density at radius 3 is 1.62 bits per heavy atom. The number of halogens is 4. The normalized spacial score (nSPS) is 18.3. The molecule has 0 aromatic rings. The van der Waals surface area contributed by atoms with Crippen LogP contribution in [-0.2, 0) is 13.6 Å². The molecule has 0 fully saturated rings. The summed E-state index contributed by atoms with van der Waals surface area (Å²) in [5, 5.41) is 1.27. The van der Waals surface area contributed by atoms with Crippen molar-refractivity contribution in [2.24, 2.45) is 0 Å². The van der Waals surface area contributed by atoms with E-state index in [1.165, 1.54) is 0 Å². The fourth-order valence-corrected chi connectivity index (χ4v) is 2.33. The fourth-order valence-electron chi connectivity index (χ4n) is 0.476. The first kappa shape index (κ1) is 21.3. The third kappa shape index (κ3) is 12.1. The minimum Gasteiger partial charge on any atom is -0.302 e. The van der Waals surface area contributed by atoms with Crippen molar-refractivity contribution in [3.63, 3.8) is 0 Å². The molecule has 0 rings (SSSR count). The van der Waals surface area contributed by atoms with Crippen LogP contribution in [0.1, 0.15) is 0 Å². The van der Waals surface area contributed by atoms with Gasteiger partial charge in [0.05, 0.1) is 13.2 Å². The van der Waals surface area contributed by atoms with Crippen molar-refractivity contribution in [2.45, 2.75) is 9.65 Å². The van der Waals surface area contributed by atoms with Gasteiger partial charge < -0.3 is 4.89 Å². The zero-order valence-electron chi connectivity index (χ0n) is 8.61. The second-order valence-corrected chi connectivity index (χ2v) is 7.90. The Labute approximate surface area is 151 Å². The molecule has 0 saturated carbocycles. The zero-order chi connectivity index (χ0) is 11.9. The van der Waals surface area contributed by atoms with Gasteiger partial charge in [-0.3, -0.25) is 9.05 Å². The quantitative estimate of drug-likeness (QED) is 0.304. The number of rotatable bonds is 8. The summed E-state index contributed by atoms with van der Waals surface area (Å²) in [4.78, 5) is 9.21. The molecular formula is C6H11Br4NaO4P. The molecule has 0 saturated heterocycles. The molecule has 1 radical (unpaired) electrons. The van der Waals surface area contributed by atoms with Crippen LogP contribution in [0.2, 0.25) is 0 Å². The molecule has 93 valence electrons. The third-order valence-electron chi connectivity index (χ3n) is 1.17. The van der Waals surface area contributed by atoms with Crippen LogP contribution in [0.4, 0.5) is 0 Å². The van der Waals surface area contributed by atoms with Crippen molar-refractivity contribution in [2.75, 3.05) is 23.9 Å². The average molecular weight is 521 g/mol. The number of phosphoric ester groups is 1. The molecule has 0 spiro atoms. The van der Waals surface area contributed by atoms with Gasteiger partial charge in [-0.1, -0.05) is 63.7 Å². The Morgan fingerprint density at radius 1 is 1.06 bits per heavy atom. The van der Waals surface area contributed by atoms with Crippen molar-refractivity contribution in [1.29, 1.82) is 0 Å². The molecule has 0 aromatic carbocycles. The first-order valence-corrected chi connectivity index (χ1v) is 9.50. The van der Waals surface area contributed by atoms with Crippen LogP contribution < -0.4 is 0 Å². The van der Waals surface area contributed by atoms with Gasteiger partial charge in [-0.2, -0.15) is 0 Å². The molecule has 0 aliphatic carbocycles. The molecule has 1 N–H and O–H groups in total. The van der Waals surface area contributed by atoms with E-state index < -0.39 is 7.82 Å². The summed E-state index contributed by atoms with van der Waals surface area (Å²) in [5.41, 5.74) is 0. The van der Waals surface area contributed by atoms with Gasteiger partial charge in [-0.05, 0) is 0 Å². The maximum atomic E-state index is 11.3. The molecule has 2 atom stereocenters. The SMILES string of the molecule is O=P(O)(OCC(Br)CBr)OCC(Br)CBr.[Na].